The quantitative estimate of drug-likeness (QED) is 0.384. The second kappa shape index (κ2) is 6.58. The van der Waals surface area contributed by atoms with Crippen molar-refractivity contribution in [1.29, 1.82) is 0 Å². The largest absolute Gasteiger partial charge is 0.409 e. The average molecular weight is 352 g/mol. The van der Waals surface area contributed by atoms with Crippen molar-refractivity contribution in [3.63, 3.8) is 0 Å². The summed E-state index contributed by atoms with van der Waals surface area (Å²) in [6, 6.07) is 12.2. The molecular formula is C15H15BrFN3O. The molecule has 2 aromatic rings. The van der Waals surface area contributed by atoms with Gasteiger partial charge in [0.15, 0.2) is 5.84 Å². The molecule has 0 spiro atoms. The highest BCUT2D eigenvalue weighted by molar-refractivity contribution is 9.10. The second-order valence-corrected chi connectivity index (χ2v) is 5.36. The van der Waals surface area contributed by atoms with Crippen molar-refractivity contribution in [2.24, 2.45) is 10.9 Å². The number of nitrogens with two attached hydrogens (primary N) is 1. The maximum atomic E-state index is 13.6. The number of amidine groups is 1. The van der Waals surface area contributed by atoms with Gasteiger partial charge >= 0.3 is 0 Å². The molecule has 0 amide bonds. The zero-order valence-corrected chi connectivity index (χ0v) is 13.0. The number of anilines is 1. The first-order valence-corrected chi connectivity index (χ1v) is 7.05. The van der Waals surface area contributed by atoms with E-state index in [1.807, 2.05) is 36.2 Å². The monoisotopic (exact) mass is 351 g/mol. The number of nitrogens with zero attached hydrogens (tertiary/aromatic N) is 2. The van der Waals surface area contributed by atoms with Crippen LogP contribution in [0.4, 0.5) is 10.1 Å². The molecule has 21 heavy (non-hydrogen) atoms. The molecule has 0 aliphatic heterocycles. The Balaban J connectivity index is 2.33. The van der Waals surface area contributed by atoms with E-state index in [4.69, 9.17) is 10.9 Å². The lowest BCUT2D eigenvalue weighted by atomic mass is 10.1. The molecular weight excluding hydrogens is 337 g/mol. The van der Waals surface area contributed by atoms with Gasteiger partial charge in [-0.2, -0.15) is 0 Å². The van der Waals surface area contributed by atoms with Gasteiger partial charge in [0.1, 0.15) is 5.82 Å². The molecule has 0 aromatic heterocycles. The van der Waals surface area contributed by atoms with Crippen LogP contribution in [0.15, 0.2) is 52.1 Å². The van der Waals surface area contributed by atoms with Crippen molar-refractivity contribution >= 4 is 27.5 Å². The summed E-state index contributed by atoms with van der Waals surface area (Å²) in [5, 5.41) is 11.9. The minimum absolute atomic E-state index is 0.0377. The van der Waals surface area contributed by atoms with Crippen LogP contribution < -0.4 is 10.6 Å². The standard InChI is InChI=1S/C15H15BrFN3O/c1-20(9-10-5-4-7-12(17)14(10)16)13-8-3-2-6-11(13)15(18)19-21/h2-8,21H,9H2,1H3,(H2,18,19). The van der Waals surface area contributed by atoms with Crippen molar-refractivity contribution in [1.82, 2.24) is 0 Å². The number of rotatable bonds is 4. The van der Waals surface area contributed by atoms with E-state index in [1.165, 1.54) is 6.07 Å². The van der Waals surface area contributed by atoms with E-state index in [1.54, 1.807) is 12.1 Å². The highest BCUT2D eigenvalue weighted by atomic mass is 79.9. The average Bonchev–Trinajstić information content (AvgIpc) is 2.51. The topological polar surface area (TPSA) is 61.8 Å². The summed E-state index contributed by atoms with van der Waals surface area (Å²) in [5.74, 6) is -0.263. The van der Waals surface area contributed by atoms with Crippen molar-refractivity contribution in [2.75, 3.05) is 11.9 Å². The van der Waals surface area contributed by atoms with E-state index in [-0.39, 0.29) is 11.7 Å². The number of benzene rings is 2. The number of para-hydroxylation sites is 1. The number of oxime groups is 1. The third-order valence-electron chi connectivity index (χ3n) is 3.14. The van der Waals surface area contributed by atoms with Gasteiger partial charge in [-0.05, 0) is 39.7 Å². The van der Waals surface area contributed by atoms with E-state index >= 15 is 0 Å². The number of hydrogen-bond donors (Lipinski definition) is 2. The normalized spacial score (nSPS) is 11.5. The predicted molar refractivity (Wildman–Crippen MR) is 85.2 cm³/mol. The van der Waals surface area contributed by atoms with Gasteiger partial charge in [-0.25, -0.2) is 4.39 Å². The van der Waals surface area contributed by atoms with Crippen LogP contribution in [0.3, 0.4) is 0 Å². The van der Waals surface area contributed by atoms with Crippen LogP contribution >= 0.6 is 15.9 Å². The first-order valence-electron chi connectivity index (χ1n) is 6.25. The molecule has 3 N–H and O–H groups in total. The number of hydrogen-bond acceptors (Lipinski definition) is 3. The summed E-state index contributed by atoms with van der Waals surface area (Å²) >= 11 is 3.25. The third-order valence-corrected chi connectivity index (χ3v) is 4.03. The van der Waals surface area contributed by atoms with E-state index in [2.05, 4.69) is 21.1 Å². The lowest BCUT2D eigenvalue weighted by Gasteiger charge is -2.22. The number of halogens is 2. The van der Waals surface area contributed by atoms with Crippen molar-refractivity contribution < 1.29 is 9.60 Å². The van der Waals surface area contributed by atoms with Gasteiger partial charge in [-0.1, -0.05) is 29.4 Å². The van der Waals surface area contributed by atoms with Gasteiger partial charge in [-0.15, -0.1) is 0 Å². The van der Waals surface area contributed by atoms with Crippen molar-refractivity contribution in [2.45, 2.75) is 6.54 Å². The second-order valence-electron chi connectivity index (χ2n) is 4.57. The molecule has 0 aliphatic carbocycles. The van der Waals surface area contributed by atoms with Gasteiger partial charge in [0, 0.05) is 24.8 Å². The molecule has 0 atom stereocenters. The zero-order chi connectivity index (χ0) is 15.4. The SMILES string of the molecule is CN(Cc1cccc(F)c1Br)c1ccccc1/C(N)=N/O. The molecule has 0 heterocycles. The summed E-state index contributed by atoms with van der Waals surface area (Å²) in [5.41, 5.74) is 7.91. The van der Waals surface area contributed by atoms with E-state index in [0.29, 0.717) is 16.6 Å². The smallest absolute Gasteiger partial charge is 0.172 e. The Morgan fingerprint density at radius 1 is 1.29 bits per heavy atom. The molecule has 2 rings (SSSR count). The summed E-state index contributed by atoms with van der Waals surface area (Å²) < 4.78 is 14.0. The maximum absolute atomic E-state index is 13.6. The molecule has 6 heteroatoms. The molecule has 0 aliphatic rings. The van der Waals surface area contributed by atoms with E-state index in [0.717, 1.165) is 11.3 Å². The van der Waals surface area contributed by atoms with E-state index in [9.17, 15) is 4.39 Å². The highest BCUT2D eigenvalue weighted by Crippen LogP contribution is 2.25. The van der Waals surface area contributed by atoms with Crippen LogP contribution in [-0.2, 0) is 6.54 Å². The van der Waals surface area contributed by atoms with Crippen LogP contribution in [0.5, 0.6) is 0 Å². The Morgan fingerprint density at radius 3 is 2.71 bits per heavy atom. The Kier molecular flexibility index (Phi) is 4.80. The first-order chi connectivity index (χ1) is 10.0. The lowest BCUT2D eigenvalue weighted by molar-refractivity contribution is 0.318. The fraction of sp³-hybridized carbons (Fsp3) is 0.133. The fourth-order valence-electron chi connectivity index (χ4n) is 2.09. The van der Waals surface area contributed by atoms with Crippen LogP contribution in [-0.4, -0.2) is 18.1 Å². The third kappa shape index (κ3) is 3.33. The van der Waals surface area contributed by atoms with Gasteiger partial charge < -0.3 is 15.8 Å². The van der Waals surface area contributed by atoms with E-state index < -0.39 is 0 Å². The summed E-state index contributed by atoms with van der Waals surface area (Å²) in [6.07, 6.45) is 0. The van der Waals surface area contributed by atoms with Crippen molar-refractivity contribution in [3.05, 3.63) is 63.9 Å². The summed E-state index contributed by atoms with van der Waals surface area (Å²) in [4.78, 5) is 1.91. The molecule has 0 saturated carbocycles. The maximum Gasteiger partial charge on any atom is 0.172 e. The highest BCUT2D eigenvalue weighted by Gasteiger charge is 2.13. The molecule has 0 saturated heterocycles. The van der Waals surface area contributed by atoms with Gasteiger partial charge in [-0.3, -0.25) is 0 Å². The molecule has 110 valence electrons. The molecule has 2 aromatic carbocycles. The van der Waals surface area contributed by atoms with Gasteiger partial charge in [0.2, 0.25) is 0 Å². The lowest BCUT2D eigenvalue weighted by Crippen LogP contribution is -2.22. The van der Waals surface area contributed by atoms with Crippen molar-refractivity contribution in [3.8, 4) is 0 Å². The Labute approximate surface area is 130 Å². The Morgan fingerprint density at radius 2 is 2.00 bits per heavy atom. The first kappa shape index (κ1) is 15.3. The van der Waals surface area contributed by atoms with Crippen LogP contribution in [0, 0.1) is 5.82 Å². The van der Waals surface area contributed by atoms with Crippen LogP contribution in [0.1, 0.15) is 11.1 Å². The van der Waals surface area contributed by atoms with Crippen LogP contribution in [0.2, 0.25) is 0 Å². The Bertz CT molecular complexity index is 676. The zero-order valence-electron chi connectivity index (χ0n) is 11.4. The summed E-state index contributed by atoms with van der Waals surface area (Å²) in [7, 11) is 1.86. The van der Waals surface area contributed by atoms with Gasteiger partial charge in [0.05, 0.1) is 4.47 Å². The molecule has 0 bridgehead atoms. The molecule has 0 fully saturated rings. The summed E-state index contributed by atoms with van der Waals surface area (Å²) in [6.45, 7) is 0.480. The minimum atomic E-state index is -0.300. The van der Waals surface area contributed by atoms with Gasteiger partial charge in [0.25, 0.3) is 0 Å². The minimum Gasteiger partial charge on any atom is -0.409 e. The Hall–Kier alpha value is -2.08. The molecule has 4 nitrogen and oxygen atoms in total. The predicted octanol–water partition coefficient (Wildman–Crippen LogP) is 3.32. The fourth-order valence-corrected chi connectivity index (χ4v) is 2.48. The van der Waals surface area contributed by atoms with Crippen LogP contribution in [0.25, 0.3) is 0 Å². The molecule has 0 radical (unpaired) electrons. The molecule has 0 unspecified atom stereocenters.